The van der Waals surface area contributed by atoms with Gasteiger partial charge in [-0.25, -0.2) is 0 Å². The predicted octanol–water partition coefficient (Wildman–Crippen LogP) is 4.60. The third-order valence-electron chi connectivity index (χ3n) is 8.43. The van der Waals surface area contributed by atoms with E-state index in [1.54, 1.807) is 4.90 Å². The Morgan fingerprint density at radius 1 is 0.921 bits per heavy atom. The third-order valence-corrected chi connectivity index (χ3v) is 8.43. The molecule has 3 amide bonds. The highest BCUT2D eigenvalue weighted by molar-refractivity contribution is 6.27. The van der Waals surface area contributed by atoms with Gasteiger partial charge in [0.05, 0.1) is 5.69 Å². The number of likely N-dealkylation sites (tertiary alicyclic amines) is 1. The minimum absolute atomic E-state index is 0.158. The van der Waals surface area contributed by atoms with Crippen molar-refractivity contribution < 1.29 is 24.3 Å². The van der Waals surface area contributed by atoms with E-state index in [2.05, 4.69) is 22.3 Å². The molecule has 2 aromatic rings. The highest BCUT2D eigenvalue weighted by atomic mass is 16.4. The van der Waals surface area contributed by atoms with Crippen LogP contribution in [0.5, 0.6) is 0 Å². The first kappa shape index (κ1) is 26.4. The van der Waals surface area contributed by atoms with Crippen molar-refractivity contribution in [3.05, 3.63) is 41.5 Å². The van der Waals surface area contributed by atoms with Gasteiger partial charge < -0.3 is 10.0 Å². The van der Waals surface area contributed by atoms with Crippen LogP contribution in [0.3, 0.4) is 0 Å². The van der Waals surface area contributed by atoms with E-state index in [9.17, 15) is 19.2 Å². The Bertz CT molecular complexity index is 1230. The number of carboxylic acid groups (broad SMARTS) is 1. The number of nitrogens with zero attached hydrogens (tertiary/aromatic N) is 2. The van der Waals surface area contributed by atoms with Gasteiger partial charge in [-0.1, -0.05) is 43.9 Å². The monoisotopic (exact) mass is 519 g/mol. The van der Waals surface area contributed by atoms with Crippen LogP contribution in [0.25, 0.3) is 10.8 Å². The minimum Gasteiger partial charge on any atom is -0.481 e. The Morgan fingerprint density at radius 2 is 1.66 bits per heavy atom. The SMILES string of the molecule is O=C(O)CCCCCCCCN1CCC(c2ccc3c4c(cccc24)C(=O)N3C2CCC(=O)NC2=O)CC1. The fourth-order valence-electron chi connectivity index (χ4n) is 6.41. The van der Waals surface area contributed by atoms with E-state index in [4.69, 9.17) is 5.11 Å². The number of benzene rings is 2. The largest absolute Gasteiger partial charge is 0.481 e. The molecule has 3 aliphatic rings. The number of amides is 3. The lowest BCUT2D eigenvalue weighted by atomic mass is 9.85. The molecule has 2 saturated heterocycles. The zero-order valence-electron chi connectivity index (χ0n) is 21.9. The van der Waals surface area contributed by atoms with Crippen LogP contribution in [0.15, 0.2) is 30.3 Å². The molecule has 8 heteroatoms. The van der Waals surface area contributed by atoms with Crippen molar-refractivity contribution in [2.75, 3.05) is 24.5 Å². The van der Waals surface area contributed by atoms with Gasteiger partial charge in [-0.3, -0.25) is 29.4 Å². The van der Waals surface area contributed by atoms with Crippen molar-refractivity contribution in [3.8, 4) is 0 Å². The summed E-state index contributed by atoms with van der Waals surface area (Å²) in [6.45, 7) is 3.24. The zero-order chi connectivity index (χ0) is 26.6. The molecule has 3 aliphatic heterocycles. The lowest BCUT2D eigenvalue weighted by Gasteiger charge is -2.33. The highest BCUT2D eigenvalue weighted by Crippen LogP contribution is 2.44. The average molecular weight is 520 g/mol. The number of aliphatic carboxylic acids is 1. The van der Waals surface area contributed by atoms with E-state index in [0.717, 1.165) is 68.2 Å². The van der Waals surface area contributed by atoms with Crippen molar-refractivity contribution in [1.82, 2.24) is 10.2 Å². The van der Waals surface area contributed by atoms with Crippen LogP contribution in [0.1, 0.15) is 92.5 Å². The Kier molecular flexibility index (Phi) is 8.07. The van der Waals surface area contributed by atoms with Crippen LogP contribution in [0.2, 0.25) is 0 Å². The molecule has 2 N–H and O–H groups in total. The maximum atomic E-state index is 13.4. The topological polar surface area (TPSA) is 107 Å². The minimum atomic E-state index is -0.701. The standard InChI is InChI=1S/C30H37N3O5/c34-26-14-13-25(29(37)31-26)33-24-12-11-21(22-8-7-9-23(28(22)24)30(33)38)20-15-18-32(19-16-20)17-6-4-2-1-3-5-10-27(35)36/h7-9,11-12,20,25H,1-6,10,13-19H2,(H,35,36)(H,31,34,37). The normalized spacial score (nSPS) is 20.4. The smallest absolute Gasteiger partial charge is 0.303 e. The Balaban J connectivity index is 1.19. The van der Waals surface area contributed by atoms with Gasteiger partial charge in [-0.15, -0.1) is 0 Å². The fraction of sp³-hybridized carbons (Fsp3) is 0.533. The molecule has 8 nitrogen and oxygen atoms in total. The van der Waals surface area contributed by atoms with E-state index in [1.807, 2.05) is 18.2 Å². The number of carboxylic acids is 1. The summed E-state index contributed by atoms with van der Waals surface area (Å²) in [5.41, 5.74) is 2.70. The lowest BCUT2D eigenvalue weighted by Crippen LogP contribution is -2.53. The molecule has 5 rings (SSSR count). The first-order chi connectivity index (χ1) is 18.4. The predicted molar refractivity (Wildman–Crippen MR) is 145 cm³/mol. The number of rotatable bonds is 11. The van der Waals surface area contributed by atoms with Crippen LogP contribution in [-0.2, 0) is 14.4 Å². The summed E-state index contributed by atoms with van der Waals surface area (Å²) in [6.07, 6.45) is 9.48. The van der Waals surface area contributed by atoms with Crippen molar-refractivity contribution >= 4 is 40.2 Å². The molecule has 0 spiro atoms. The van der Waals surface area contributed by atoms with E-state index in [1.165, 1.54) is 24.8 Å². The maximum absolute atomic E-state index is 13.4. The molecule has 202 valence electrons. The summed E-state index contributed by atoms with van der Waals surface area (Å²) in [4.78, 5) is 52.3. The molecule has 2 fully saturated rings. The first-order valence-corrected chi connectivity index (χ1v) is 14.1. The molecule has 0 aliphatic carbocycles. The Hall–Kier alpha value is -3.26. The van der Waals surface area contributed by atoms with Gasteiger partial charge >= 0.3 is 5.97 Å². The van der Waals surface area contributed by atoms with Crippen molar-refractivity contribution in [2.24, 2.45) is 0 Å². The summed E-state index contributed by atoms with van der Waals surface area (Å²) in [5.74, 6) is -1.10. The summed E-state index contributed by atoms with van der Waals surface area (Å²) in [7, 11) is 0. The Morgan fingerprint density at radius 3 is 2.39 bits per heavy atom. The number of nitrogens with one attached hydrogen (secondary N) is 1. The van der Waals surface area contributed by atoms with Gasteiger partial charge in [0.1, 0.15) is 6.04 Å². The lowest BCUT2D eigenvalue weighted by molar-refractivity contribution is -0.137. The van der Waals surface area contributed by atoms with Gasteiger partial charge in [0, 0.05) is 23.8 Å². The van der Waals surface area contributed by atoms with Crippen LogP contribution in [0.4, 0.5) is 5.69 Å². The molecule has 0 saturated carbocycles. The van der Waals surface area contributed by atoms with Crippen LogP contribution < -0.4 is 10.2 Å². The maximum Gasteiger partial charge on any atom is 0.303 e. The van der Waals surface area contributed by atoms with Gasteiger partial charge in [0.15, 0.2) is 0 Å². The van der Waals surface area contributed by atoms with Gasteiger partial charge in [-0.2, -0.15) is 0 Å². The van der Waals surface area contributed by atoms with Gasteiger partial charge in [0.25, 0.3) is 5.91 Å². The molecule has 1 atom stereocenters. The number of hydrogen-bond acceptors (Lipinski definition) is 5. The van der Waals surface area contributed by atoms with E-state index in [-0.39, 0.29) is 24.7 Å². The second-order valence-corrected chi connectivity index (χ2v) is 10.9. The number of unbranched alkanes of at least 4 members (excludes halogenated alkanes) is 5. The number of imide groups is 1. The zero-order valence-corrected chi connectivity index (χ0v) is 21.9. The van der Waals surface area contributed by atoms with Crippen LogP contribution in [0, 0.1) is 0 Å². The summed E-state index contributed by atoms with van der Waals surface area (Å²) < 4.78 is 0. The van der Waals surface area contributed by atoms with Crippen molar-refractivity contribution in [1.29, 1.82) is 0 Å². The molecule has 0 radical (unpaired) electrons. The second-order valence-electron chi connectivity index (χ2n) is 10.9. The molecular formula is C30H37N3O5. The third kappa shape index (κ3) is 5.46. The van der Waals surface area contributed by atoms with Crippen molar-refractivity contribution in [2.45, 2.75) is 82.6 Å². The highest BCUT2D eigenvalue weighted by Gasteiger charge is 2.41. The summed E-state index contributed by atoms with van der Waals surface area (Å²) >= 11 is 0. The van der Waals surface area contributed by atoms with Crippen LogP contribution in [-0.4, -0.2) is 59.4 Å². The number of anilines is 1. The van der Waals surface area contributed by atoms with Gasteiger partial charge in [0.2, 0.25) is 11.8 Å². The molecule has 38 heavy (non-hydrogen) atoms. The molecule has 0 aromatic heterocycles. The molecular weight excluding hydrogens is 482 g/mol. The molecule has 0 bridgehead atoms. The summed E-state index contributed by atoms with van der Waals surface area (Å²) in [5, 5.41) is 13.1. The molecule has 1 unspecified atom stereocenters. The number of hydrogen-bond donors (Lipinski definition) is 2. The Labute approximate surface area is 223 Å². The first-order valence-electron chi connectivity index (χ1n) is 14.1. The fourth-order valence-corrected chi connectivity index (χ4v) is 6.41. The number of carbonyl (C=O) groups excluding carboxylic acids is 3. The second kappa shape index (κ2) is 11.6. The van der Waals surface area contributed by atoms with Gasteiger partial charge in [-0.05, 0) is 80.7 Å². The van der Waals surface area contributed by atoms with Crippen LogP contribution >= 0.6 is 0 Å². The van der Waals surface area contributed by atoms with Crippen molar-refractivity contribution in [3.63, 3.8) is 0 Å². The van der Waals surface area contributed by atoms with E-state index < -0.39 is 17.9 Å². The quantitative estimate of drug-likeness (QED) is 0.332. The van der Waals surface area contributed by atoms with E-state index >= 15 is 0 Å². The average Bonchev–Trinajstić information content (AvgIpc) is 3.19. The number of carbonyl (C=O) groups is 4. The molecule has 3 heterocycles. The van der Waals surface area contributed by atoms with E-state index in [0.29, 0.717) is 17.9 Å². The summed E-state index contributed by atoms with van der Waals surface area (Å²) in [6, 6.07) is 9.37. The number of piperidine rings is 2. The molecule has 2 aromatic carbocycles.